The fourth-order valence-electron chi connectivity index (χ4n) is 2.99. The van der Waals surface area contributed by atoms with Crippen LogP contribution in [0.1, 0.15) is 28.8 Å². The van der Waals surface area contributed by atoms with E-state index in [-0.39, 0.29) is 6.04 Å². The lowest BCUT2D eigenvalue weighted by Gasteiger charge is -2.23. The van der Waals surface area contributed by atoms with E-state index < -0.39 is 23.1 Å². The molecular weight excluding hydrogens is 310 g/mol. The van der Waals surface area contributed by atoms with Gasteiger partial charge in [0.1, 0.15) is 17.2 Å². The molecule has 0 saturated heterocycles. The molecule has 4 rings (SSSR count). The molecule has 1 N–H and O–H groups in total. The van der Waals surface area contributed by atoms with Gasteiger partial charge >= 0.3 is 0 Å². The molecule has 5 heteroatoms. The van der Waals surface area contributed by atoms with Gasteiger partial charge in [0.2, 0.25) is 0 Å². The van der Waals surface area contributed by atoms with E-state index in [1.54, 1.807) is 4.90 Å². The lowest BCUT2D eigenvalue weighted by atomic mass is 10.1. The van der Waals surface area contributed by atoms with Crippen LogP contribution in [0.3, 0.4) is 0 Å². The molecule has 0 bridgehead atoms. The number of carbonyl (C=O) groups is 1. The Morgan fingerprint density at radius 3 is 2.58 bits per heavy atom. The molecule has 1 aromatic heterocycles. The van der Waals surface area contributed by atoms with Crippen molar-refractivity contribution < 1.29 is 13.6 Å². The van der Waals surface area contributed by atoms with E-state index in [0.29, 0.717) is 6.54 Å². The summed E-state index contributed by atoms with van der Waals surface area (Å²) in [6.07, 6.45) is 3.59. The molecule has 24 heavy (non-hydrogen) atoms. The minimum Gasteiger partial charge on any atom is -0.361 e. The maximum Gasteiger partial charge on any atom is 0.260 e. The third-order valence-corrected chi connectivity index (χ3v) is 4.40. The molecule has 1 fully saturated rings. The van der Waals surface area contributed by atoms with Crippen molar-refractivity contribution >= 4 is 16.8 Å². The average molecular weight is 326 g/mol. The SMILES string of the molecule is O=C(c1c(F)cccc1F)N(Cc1ccc2cc[nH]c2c1)C1CC1. The third kappa shape index (κ3) is 2.66. The standard InChI is InChI=1S/C19H16F2N2O/c20-15-2-1-3-16(21)18(15)19(24)23(14-6-7-14)11-12-4-5-13-8-9-22-17(13)10-12/h1-5,8-10,14,22H,6-7,11H2. The third-order valence-electron chi connectivity index (χ3n) is 4.40. The van der Waals surface area contributed by atoms with Crippen molar-refractivity contribution in [1.82, 2.24) is 9.88 Å². The van der Waals surface area contributed by atoms with Crippen molar-refractivity contribution in [2.75, 3.05) is 0 Å². The highest BCUT2D eigenvalue weighted by molar-refractivity contribution is 5.95. The fraction of sp³-hybridized carbons (Fsp3) is 0.211. The second kappa shape index (κ2) is 5.74. The molecule has 0 atom stereocenters. The van der Waals surface area contributed by atoms with Gasteiger partial charge in [0.05, 0.1) is 0 Å². The maximum atomic E-state index is 14.0. The molecule has 0 spiro atoms. The number of aromatic amines is 1. The first-order valence-electron chi connectivity index (χ1n) is 7.94. The van der Waals surface area contributed by atoms with Crippen LogP contribution in [0.15, 0.2) is 48.7 Å². The molecular formula is C19H16F2N2O. The minimum atomic E-state index is -0.814. The van der Waals surface area contributed by atoms with Crippen LogP contribution < -0.4 is 0 Å². The molecule has 1 amide bonds. The molecule has 0 unspecified atom stereocenters. The zero-order chi connectivity index (χ0) is 16.7. The lowest BCUT2D eigenvalue weighted by molar-refractivity contribution is 0.0720. The molecule has 122 valence electrons. The van der Waals surface area contributed by atoms with E-state index in [4.69, 9.17) is 0 Å². The van der Waals surface area contributed by atoms with Gasteiger partial charge in [-0.1, -0.05) is 18.2 Å². The fourth-order valence-corrected chi connectivity index (χ4v) is 2.99. The highest BCUT2D eigenvalue weighted by Gasteiger charge is 2.35. The van der Waals surface area contributed by atoms with E-state index in [2.05, 4.69) is 4.98 Å². The molecule has 3 aromatic rings. The highest BCUT2D eigenvalue weighted by Crippen LogP contribution is 2.31. The number of halogens is 2. The normalized spacial score (nSPS) is 14.1. The van der Waals surface area contributed by atoms with Crippen LogP contribution in [0, 0.1) is 11.6 Å². The minimum absolute atomic E-state index is 0.0517. The largest absolute Gasteiger partial charge is 0.361 e. The second-order valence-corrected chi connectivity index (χ2v) is 6.16. The van der Waals surface area contributed by atoms with Gasteiger partial charge in [-0.3, -0.25) is 4.79 Å². The van der Waals surface area contributed by atoms with Crippen LogP contribution in [0.2, 0.25) is 0 Å². The molecule has 3 nitrogen and oxygen atoms in total. The number of aromatic nitrogens is 1. The van der Waals surface area contributed by atoms with Gasteiger partial charge in [-0.25, -0.2) is 8.78 Å². The number of carbonyl (C=O) groups excluding carboxylic acids is 1. The van der Waals surface area contributed by atoms with Crippen molar-refractivity contribution in [1.29, 1.82) is 0 Å². The van der Waals surface area contributed by atoms with Gasteiger partial charge in [-0.05, 0) is 48.1 Å². The molecule has 1 heterocycles. The summed E-state index contributed by atoms with van der Waals surface area (Å²) in [7, 11) is 0. The predicted octanol–water partition coefficient (Wildman–Crippen LogP) is 4.25. The zero-order valence-corrected chi connectivity index (χ0v) is 12.9. The average Bonchev–Trinajstić information content (AvgIpc) is 3.29. The Kier molecular flexibility index (Phi) is 3.56. The Balaban J connectivity index is 1.66. The van der Waals surface area contributed by atoms with Crippen LogP contribution in [0.4, 0.5) is 8.78 Å². The van der Waals surface area contributed by atoms with Gasteiger partial charge in [0, 0.05) is 24.3 Å². The summed E-state index contributed by atoms with van der Waals surface area (Å²) in [6.45, 7) is 0.340. The zero-order valence-electron chi connectivity index (χ0n) is 12.9. The predicted molar refractivity (Wildman–Crippen MR) is 87.6 cm³/mol. The Bertz CT molecular complexity index is 894. The number of hydrogen-bond donors (Lipinski definition) is 1. The van der Waals surface area contributed by atoms with E-state index in [1.807, 2.05) is 30.5 Å². The number of hydrogen-bond acceptors (Lipinski definition) is 1. The van der Waals surface area contributed by atoms with Gasteiger partial charge in [-0.2, -0.15) is 0 Å². The summed E-state index contributed by atoms with van der Waals surface area (Å²) in [6, 6.07) is 11.4. The van der Waals surface area contributed by atoms with E-state index >= 15 is 0 Å². The van der Waals surface area contributed by atoms with Crippen LogP contribution in [-0.4, -0.2) is 21.8 Å². The van der Waals surface area contributed by atoms with Crippen LogP contribution in [0.5, 0.6) is 0 Å². The number of nitrogens with zero attached hydrogens (tertiary/aromatic N) is 1. The second-order valence-electron chi connectivity index (χ2n) is 6.16. The highest BCUT2D eigenvalue weighted by atomic mass is 19.1. The van der Waals surface area contributed by atoms with Gasteiger partial charge in [-0.15, -0.1) is 0 Å². The van der Waals surface area contributed by atoms with Crippen molar-refractivity contribution in [2.24, 2.45) is 0 Å². The summed E-state index contributed by atoms with van der Waals surface area (Å²) >= 11 is 0. The van der Waals surface area contributed by atoms with Crippen molar-refractivity contribution in [3.8, 4) is 0 Å². The summed E-state index contributed by atoms with van der Waals surface area (Å²) in [4.78, 5) is 17.4. The summed E-state index contributed by atoms with van der Waals surface area (Å²) in [5.41, 5.74) is 1.44. The van der Waals surface area contributed by atoms with Crippen LogP contribution >= 0.6 is 0 Å². The lowest BCUT2D eigenvalue weighted by Crippen LogP contribution is -2.33. The Hall–Kier alpha value is -2.69. The number of rotatable bonds is 4. The molecule has 1 aliphatic rings. The van der Waals surface area contributed by atoms with Crippen molar-refractivity contribution in [2.45, 2.75) is 25.4 Å². The smallest absolute Gasteiger partial charge is 0.260 e. The van der Waals surface area contributed by atoms with Crippen molar-refractivity contribution in [3.05, 3.63) is 71.4 Å². The first kappa shape index (κ1) is 14.9. The number of H-pyrrole nitrogens is 1. The topological polar surface area (TPSA) is 36.1 Å². The first-order chi connectivity index (χ1) is 11.6. The van der Waals surface area contributed by atoms with Gasteiger partial charge in [0.15, 0.2) is 0 Å². The number of benzene rings is 2. The number of amides is 1. The van der Waals surface area contributed by atoms with E-state index in [1.165, 1.54) is 6.07 Å². The van der Waals surface area contributed by atoms with E-state index in [9.17, 15) is 13.6 Å². The molecule has 2 aromatic carbocycles. The summed E-state index contributed by atoms with van der Waals surface area (Å²) in [5, 5.41) is 1.09. The summed E-state index contributed by atoms with van der Waals surface area (Å²) in [5.74, 6) is -2.21. The number of fused-ring (bicyclic) bond motifs is 1. The van der Waals surface area contributed by atoms with Crippen molar-refractivity contribution in [3.63, 3.8) is 0 Å². The maximum absolute atomic E-state index is 14.0. The van der Waals surface area contributed by atoms with Gasteiger partial charge in [0.25, 0.3) is 5.91 Å². The monoisotopic (exact) mass is 326 g/mol. The first-order valence-corrected chi connectivity index (χ1v) is 7.94. The molecule has 1 aliphatic carbocycles. The summed E-state index contributed by atoms with van der Waals surface area (Å²) < 4.78 is 27.9. The number of nitrogens with one attached hydrogen (secondary N) is 1. The quantitative estimate of drug-likeness (QED) is 0.764. The van der Waals surface area contributed by atoms with E-state index in [0.717, 1.165) is 41.4 Å². The molecule has 0 radical (unpaired) electrons. The molecule has 1 saturated carbocycles. The Morgan fingerprint density at radius 2 is 1.88 bits per heavy atom. The van der Waals surface area contributed by atoms with Crippen LogP contribution in [-0.2, 0) is 6.54 Å². The Labute approximate surface area is 137 Å². The molecule has 0 aliphatic heterocycles. The van der Waals surface area contributed by atoms with Gasteiger partial charge < -0.3 is 9.88 Å². The Morgan fingerprint density at radius 1 is 1.12 bits per heavy atom. The van der Waals surface area contributed by atoms with Crippen LogP contribution in [0.25, 0.3) is 10.9 Å².